The first-order valence-electron chi connectivity index (χ1n) is 5.48. The quantitative estimate of drug-likeness (QED) is 0.829. The summed E-state index contributed by atoms with van der Waals surface area (Å²) in [6.45, 7) is 0.0388. The van der Waals surface area contributed by atoms with Gasteiger partial charge >= 0.3 is 0 Å². The van der Waals surface area contributed by atoms with E-state index in [2.05, 4.69) is 15.5 Å². The Morgan fingerprint density at radius 2 is 2.12 bits per heavy atom. The predicted molar refractivity (Wildman–Crippen MR) is 64.5 cm³/mol. The molecule has 1 aromatic carbocycles. The van der Waals surface area contributed by atoms with Gasteiger partial charge in [0.25, 0.3) is 0 Å². The number of hydrogen-bond donors (Lipinski definition) is 2. The molecular formula is C12H14FN3O. The van der Waals surface area contributed by atoms with E-state index in [-0.39, 0.29) is 12.4 Å². The van der Waals surface area contributed by atoms with Crippen molar-refractivity contribution < 1.29 is 9.50 Å². The molecule has 0 aromatic heterocycles. The first kappa shape index (κ1) is 11.7. The van der Waals surface area contributed by atoms with Gasteiger partial charge in [0.05, 0.1) is 6.21 Å². The van der Waals surface area contributed by atoms with E-state index in [0.29, 0.717) is 18.4 Å². The van der Waals surface area contributed by atoms with Gasteiger partial charge in [0.15, 0.2) is 5.66 Å². The Bertz CT molecular complexity index is 447. The van der Waals surface area contributed by atoms with Crippen molar-refractivity contribution in [1.29, 1.82) is 0 Å². The molecule has 0 amide bonds. The monoisotopic (exact) mass is 235 g/mol. The fourth-order valence-electron chi connectivity index (χ4n) is 1.88. The van der Waals surface area contributed by atoms with E-state index in [1.165, 1.54) is 12.3 Å². The van der Waals surface area contributed by atoms with Crippen molar-refractivity contribution in [2.24, 2.45) is 10.1 Å². The Morgan fingerprint density at radius 1 is 1.29 bits per heavy atom. The summed E-state index contributed by atoms with van der Waals surface area (Å²) >= 11 is 0. The van der Waals surface area contributed by atoms with Gasteiger partial charge in [0.2, 0.25) is 0 Å². The van der Waals surface area contributed by atoms with Crippen LogP contribution in [-0.2, 0) is 5.66 Å². The summed E-state index contributed by atoms with van der Waals surface area (Å²) in [7, 11) is 0. The van der Waals surface area contributed by atoms with Crippen LogP contribution in [0.1, 0.15) is 18.4 Å². The second-order valence-electron chi connectivity index (χ2n) is 3.84. The van der Waals surface area contributed by atoms with Crippen molar-refractivity contribution in [3.8, 4) is 0 Å². The lowest BCUT2D eigenvalue weighted by Gasteiger charge is -2.31. The number of halogens is 1. The van der Waals surface area contributed by atoms with E-state index in [1.807, 2.05) is 0 Å². The van der Waals surface area contributed by atoms with Gasteiger partial charge in [-0.25, -0.2) is 4.39 Å². The summed E-state index contributed by atoms with van der Waals surface area (Å²) in [5, 5.41) is 12.8. The average molecular weight is 235 g/mol. The Labute approximate surface area is 98.9 Å². The molecule has 1 aliphatic heterocycles. The van der Waals surface area contributed by atoms with Gasteiger partial charge < -0.3 is 5.11 Å². The van der Waals surface area contributed by atoms with Crippen LogP contribution in [0.5, 0.6) is 0 Å². The zero-order valence-electron chi connectivity index (χ0n) is 9.31. The van der Waals surface area contributed by atoms with Gasteiger partial charge in [0, 0.05) is 18.4 Å². The van der Waals surface area contributed by atoms with Crippen LogP contribution in [0.15, 0.2) is 34.4 Å². The molecule has 0 aliphatic carbocycles. The Balaban J connectivity index is 2.37. The van der Waals surface area contributed by atoms with Crippen molar-refractivity contribution in [2.75, 3.05) is 6.61 Å². The fraction of sp³-hybridized carbons (Fsp3) is 0.333. The molecule has 17 heavy (non-hydrogen) atoms. The number of hydrazone groups is 1. The van der Waals surface area contributed by atoms with Crippen LogP contribution in [-0.4, -0.2) is 24.1 Å². The van der Waals surface area contributed by atoms with E-state index < -0.39 is 5.66 Å². The molecule has 1 aromatic rings. The highest BCUT2D eigenvalue weighted by Crippen LogP contribution is 2.30. The predicted octanol–water partition coefficient (Wildman–Crippen LogP) is 1.41. The number of aliphatic hydroxyl groups is 1. The zero-order chi connectivity index (χ0) is 12.1. The highest BCUT2D eigenvalue weighted by Gasteiger charge is 2.33. The molecule has 0 spiro atoms. The number of aliphatic hydroxyl groups excluding tert-OH is 1. The fourth-order valence-corrected chi connectivity index (χ4v) is 1.88. The second-order valence-corrected chi connectivity index (χ2v) is 3.84. The van der Waals surface area contributed by atoms with Crippen LogP contribution >= 0.6 is 0 Å². The number of nitrogens with zero attached hydrogens (tertiary/aromatic N) is 2. The summed E-state index contributed by atoms with van der Waals surface area (Å²) < 4.78 is 13.8. The summed E-state index contributed by atoms with van der Waals surface area (Å²) in [5.74, 6) is -0.327. The van der Waals surface area contributed by atoms with Gasteiger partial charge in [-0.3, -0.25) is 10.4 Å². The zero-order valence-corrected chi connectivity index (χ0v) is 9.31. The van der Waals surface area contributed by atoms with E-state index in [4.69, 9.17) is 5.11 Å². The number of nitrogens with one attached hydrogen (secondary N) is 1. The third-order valence-corrected chi connectivity index (χ3v) is 2.70. The van der Waals surface area contributed by atoms with E-state index in [1.54, 1.807) is 24.4 Å². The van der Waals surface area contributed by atoms with Crippen molar-refractivity contribution in [3.05, 3.63) is 35.6 Å². The van der Waals surface area contributed by atoms with Crippen LogP contribution in [0.2, 0.25) is 0 Å². The van der Waals surface area contributed by atoms with Gasteiger partial charge in [-0.15, -0.1) is 0 Å². The highest BCUT2D eigenvalue weighted by molar-refractivity contribution is 6.16. The maximum absolute atomic E-state index is 13.8. The molecule has 5 heteroatoms. The molecule has 1 heterocycles. The van der Waals surface area contributed by atoms with Gasteiger partial charge in [-0.1, -0.05) is 18.2 Å². The summed E-state index contributed by atoms with van der Waals surface area (Å²) in [6.07, 6.45) is 4.06. The average Bonchev–Trinajstić information content (AvgIpc) is 2.38. The number of hydrogen-bond acceptors (Lipinski definition) is 4. The van der Waals surface area contributed by atoms with E-state index >= 15 is 0 Å². The van der Waals surface area contributed by atoms with E-state index in [0.717, 1.165) is 0 Å². The molecule has 0 saturated heterocycles. The van der Waals surface area contributed by atoms with Crippen molar-refractivity contribution >= 4 is 12.4 Å². The Hall–Kier alpha value is -1.75. The Kier molecular flexibility index (Phi) is 3.49. The summed E-state index contributed by atoms with van der Waals surface area (Å²) in [6, 6.07) is 6.46. The minimum atomic E-state index is -0.900. The molecule has 2 N–H and O–H groups in total. The topological polar surface area (TPSA) is 57.0 Å². The SMILES string of the molecule is OCCCC1(c2ccccc2F)N=CC=NN1. The minimum absolute atomic E-state index is 0.0388. The molecule has 0 fully saturated rings. The molecule has 90 valence electrons. The van der Waals surface area contributed by atoms with Gasteiger partial charge in [-0.05, 0) is 18.9 Å². The smallest absolute Gasteiger partial charge is 0.173 e. The van der Waals surface area contributed by atoms with E-state index in [9.17, 15) is 4.39 Å². The number of aliphatic imine (C=N–C) groups is 1. The maximum atomic E-state index is 13.8. The summed E-state index contributed by atoms with van der Waals surface area (Å²) in [4.78, 5) is 4.29. The molecular weight excluding hydrogens is 221 g/mol. The lowest BCUT2D eigenvalue weighted by molar-refractivity contribution is 0.240. The molecule has 0 saturated carbocycles. The second kappa shape index (κ2) is 5.05. The van der Waals surface area contributed by atoms with Crippen LogP contribution in [0.4, 0.5) is 4.39 Å². The first-order chi connectivity index (χ1) is 8.28. The normalized spacial score (nSPS) is 22.5. The molecule has 4 nitrogen and oxygen atoms in total. The van der Waals surface area contributed by atoms with Crippen LogP contribution in [0.3, 0.4) is 0 Å². The lowest BCUT2D eigenvalue weighted by atomic mass is 9.94. The van der Waals surface area contributed by atoms with Crippen molar-refractivity contribution in [3.63, 3.8) is 0 Å². The molecule has 1 atom stereocenters. The van der Waals surface area contributed by atoms with Crippen LogP contribution in [0, 0.1) is 5.82 Å². The number of rotatable bonds is 4. The van der Waals surface area contributed by atoms with Crippen molar-refractivity contribution in [1.82, 2.24) is 5.43 Å². The molecule has 1 unspecified atom stereocenters. The molecule has 0 radical (unpaired) electrons. The third kappa shape index (κ3) is 2.34. The Morgan fingerprint density at radius 3 is 2.76 bits per heavy atom. The van der Waals surface area contributed by atoms with Gasteiger partial charge in [-0.2, -0.15) is 5.10 Å². The maximum Gasteiger partial charge on any atom is 0.173 e. The standard InChI is InChI=1S/C12H14FN3O/c13-11-5-2-1-4-10(11)12(6-3-9-17)14-7-8-15-16-12/h1-2,4-5,7-8,16-17H,3,6,9H2. The van der Waals surface area contributed by atoms with Crippen LogP contribution in [0.25, 0.3) is 0 Å². The number of benzene rings is 1. The van der Waals surface area contributed by atoms with Crippen molar-refractivity contribution in [2.45, 2.75) is 18.5 Å². The van der Waals surface area contributed by atoms with Gasteiger partial charge in [0.1, 0.15) is 5.82 Å². The first-order valence-corrected chi connectivity index (χ1v) is 5.48. The molecule has 0 bridgehead atoms. The molecule has 1 aliphatic rings. The largest absolute Gasteiger partial charge is 0.396 e. The highest BCUT2D eigenvalue weighted by atomic mass is 19.1. The molecule has 2 rings (SSSR count). The lowest BCUT2D eigenvalue weighted by Crippen LogP contribution is -2.40. The van der Waals surface area contributed by atoms with Crippen LogP contribution < -0.4 is 5.43 Å². The minimum Gasteiger partial charge on any atom is -0.396 e. The third-order valence-electron chi connectivity index (χ3n) is 2.70. The summed E-state index contributed by atoms with van der Waals surface area (Å²) in [5.41, 5.74) is 2.39.